The Hall–Kier alpha value is -1.37. The summed E-state index contributed by atoms with van der Waals surface area (Å²) in [5.74, 6) is 0.0930. The van der Waals surface area contributed by atoms with Crippen LogP contribution in [0.5, 0.6) is 0 Å². The van der Waals surface area contributed by atoms with E-state index in [0.717, 1.165) is 11.2 Å². The first-order valence-corrected chi connectivity index (χ1v) is 7.98. The Bertz CT molecular complexity index is 641. The molecule has 0 atom stereocenters. The highest BCUT2D eigenvalue weighted by Gasteiger charge is 2.23. The van der Waals surface area contributed by atoms with E-state index in [-0.39, 0.29) is 5.91 Å². The van der Waals surface area contributed by atoms with Crippen LogP contribution in [0, 0.1) is 6.92 Å². The van der Waals surface area contributed by atoms with Crippen LogP contribution in [0.2, 0.25) is 0 Å². The van der Waals surface area contributed by atoms with Crippen molar-refractivity contribution in [2.24, 2.45) is 0 Å². The van der Waals surface area contributed by atoms with Gasteiger partial charge in [0.25, 0.3) is 5.91 Å². The van der Waals surface area contributed by atoms with Crippen LogP contribution in [0.4, 0.5) is 0 Å². The predicted molar refractivity (Wildman–Crippen MR) is 83.2 cm³/mol. The molecule has 2 aromatic rings. The van der Waals surface area contributed by atoms with Gasteiger partial charge in [-0.1, -0.05) is 0 Å². The van der Waals surface area contributed by atoms with Gasteiger partial charge >= 0.3 is 0 Å². The van der Waals surface area contributed by atoms with Gasteiger partial charge in [-0.05, 0) is 19.1 Å². The molecule has 0 bridgehead atoms. The number of thiophene rings is 1. The van der Waals surface area contributed by atoms with Crippen LogP contribution in [-0.4, -0.2) is 55.4 Å². The second-order valence-electron chi connectivity index (χ2n) is 5.19. The maximum atomic E-state index is 12.7. The van der Waals surface area contributed by atoms with Gasteiger partial charge in [-0.15, -0.1) is 11.3 Å². The van der Waals surface area contributed by atoms with Gasteiger partial charge in [-0.25, -0.2) is 0 Å². The molecule has 6 heteroatoms. The lowest BCUT2D eigenvalue weighted by Gasteiger charge is -2.27. The molecule has 1 fully saturated rings. The Balaban J connectivity index is 1.95. The van der Waals surface area contributed by atoms with Crippen molar-refractivity contribution < 1.29 is 14.3 Å². The number of ether oxygens (including phenoxy) is 2. The standard InChI is InChI=1S/C15H20N2O3S/c1-11-9-12-14(21-11)10-13(17(12)5-6-19-2)15(18)16-3-7-20-8-4-16/h9-10H,3-8H2,1-2H3. The van der Waals surface area contributed by atoms with Gasteiger partial charge < -0.3 is 18.9 Å². The third kappa shape index (κ3) is 2.84. The average molecular weight is 308 g/mol. The van der Waals surface area contributed by atoms with Crippen LogP contribution in [0.25, 0.3) is 10.2 Å². The van der Waals surface area contributed by atoms with Crippen LogP contribution in [0.3, 0.4) is 0 Å². The fourth-order valence-corrected chi connectivity index (χ4v) is 3.66. The molecule has 0 spiro atoms. The first-order valence-electron chi connectivity index (χ1n) is 7.16. The Morgan fingerprint density at radius 3 is 2.86 bits per heavy atom. The summed E-state index contributed by atoms with van der Waals surface area (Å²) >= 11 is 1.73. The number of rotatable bonds is 4. The Labute approximate surface area is 128 Å². The van der Waals surface area contributed by atoms with E-state index in [2.05, 4.69) is 17.6 Å². The first kappa shape index (κ1) is 14.6. The molecule has 21 heavy (non-hydrogen) atoms. The number of hydrogen-bond acceptors (Lipinski definition) is 4. The lowest BCUT2D eigenvalue weighted by Crippen LogP contribution is -2.41. The molecule has 1 saturated heterocycles. The van der Waals surface area contributed by atoms with Crippen molar-refractivity contribution in [3.63, 3.8) is 0 Å². The minimum atomic E-state index is 0.0930. The quantitative estimate of drug-likeness (QED) is 0.869. The monoisotopic (exact) mass is 308 g/mol. The lowest BCUT2D eigenvalue weighted by atomic mass is 10.3. The first-order chi connectivity index (χ1) is 10.2. The van der Waals surface area contributed by atoms with Gasteiger partial charge in [-0.2, -0.15) is 0 Å². The van der Waals surface area contributed by atoms with E-state index in [1.165, 1.54) is 9.58 Å². The molecular weight excluding hydrogens is 288 g/mol. The summed E-state index contributed by atoms with van der Waals surface area (Å²) in [6.07, 6.45) is 0. The van der Waals surface area contributed by atoms with E-state index in [1.807, 2.05) is 11.0 Å². The molecule has 0 aliphatic carbocycles. The van der Waals surface area contributed by atoms with Gasteiger partial charge in [0.2, 0.25) is 0 Å². The number of carbonyl (C=O) groups excluding carboxylic acids is 1. The Kier molecular flexibility index (Phi) is 4.28. The SMILES string of the molecule is COCCn1c(C(=O)N2CCOCC2)cc2sc(C)cc21. The number of aromatic nitrogens is 1. The fourth-order valence-electron chi connectivity index (χ4n) is 2.69. The molecule has 0 aromatic carbocycles. The number of amides is 1. The maximum absolute atomic E-state index is 12.7. The smallest absolute Gasteiger partial charge is 0.270 e. The fraction of sp³-hybridized carbons (Fsp3) is 0.533. The molecule has 2 aromatic heterocycles. The predicted octanol–water partition coefficient (Wildman–Crippen LogP) is 2.13. The summed E-state index contributed by atoms with van der Waals surface area (Å²) in [5.41, 5.74) is 1.89. The lowest BCUT2D eigenvalue weighted by molar-refractivity contribution is 0.0295. The summed E-state index contributed by atoms with van der Waals surface area (Å²) in [6.45, 7) is 5.97. The molecule has 0 N–H and O–H groups in total. The Morgan fingerprint density at radius 1 is 1.38 bits per heavy atom. The van der Waals surface area contributed by atoms with Crippen molar-refractivity contribution >= 4 is 27.5 Å². The van der Waals surface area contributed by atoms with Crippen molar-refractivity contribution in [3.05, 3.63) is 22.7 Å². The van der Waals surface area contributed by atoms with Crippen molar-refractivity contribution in [2.45, 2.75) is 13.5 Å². The van der Waals surface area contributed by atoms with Gasteiger partial charge in [0.1, 0.15) is 5.69 Å². The summed E-state index contributed by atoms with van der Waals surface area (Å²) in [7, 11) is 1.68. The van der Waals surface area contributed by atoms with E-state index in [4.69, 9.17) is 9.47 Å². The second kappa shape index (κ2) is 6.17. The normalized spacial score (nSPS) is 15.8. The maximum Gasteiger partial charge on any atom is 0.270 e. The molecule has 1 aliphatic rings. The van der Waals surface area contributed by atoms with Crippen molar-refractivity contribution in [1.29, 1.82) is 0 Å². The van der Waals surface area contributed by atoms with Crippen LogP contribution in [0.1, 0.15) is 15.4 Å². The molecule has 0 unspecified atom stereocenters. The van der Waals surface area contributed by atoms with E-state index in [1.54, 1.807) is 18.4 Å². The van der Waals surface area contributed by atoms with E-state index < -0.39 is 0 Å². The molecule has 1 aliphatic heterocycles. The van der Waals surface area contributed by atoms with Gasteiger partial charge in [0.15, 0.2) is 0 Å². The number of carbonyl (C=O) groups is 1. The molecule has 0 radical (unpaired) electrons. The van der Waals surface area contributed by atoms with Crippen molar-refractivity contribution in [2.75, 3.05) is 40.0 Å². The number of morpholine rings is 1. The minimum absolute atomic E-state index is 0.0930. The summed E-state index contributed by atoms with van der Waals surface area (Å²) in [4.78, 5) is 15.9. The van der Waals surface area contributed by atoms with Crippen LogP contribution >= 0.6 is 11.3 Å². The molecule has 1 amide bonds. The van der Waals surface area contributed by atoms with Crippen LogP contribution < -0.4 is 0 Å². The van der Waals surface area contributed by atoms with Crippen molar-refractivity contribution in [1.82, 2.24) is 9.47 Å². The molecule has 114 valence electrons. The van der Waals surface area contributed by atoms with Gasteiger partial charge in [0.05, 0.1) is 30.0 Å². The molecule has 3 rings (SSSR count). The molecular formula is C15H20N2O3S. The van der Waals surface area contributed by atoms with Gasteiger partial charge in [0, 0.05) is 31.6 Å². The highest BCUT2D eigenvalue weighted by molar-refractivity contribution is 7.19. The summed E-state index contributed by atoms with van der Waals surface area (Å²) in [5, 5.41) is 0. The third-order valence-corrected chi connectivity index (χ3v) is 4.74. The number of nitrogens with zero attached hydrogens (tertiary/aromatic N) is 2. The largest absolute Gasteiger partial charge is 0.383 e. The van der Waals surface area contributed by atoms with Crippen LogP contribution in [-0.2, 0) is 16.0 Å². The van der Waals surface area contributed by atoms with E-state index >= 15 is 0 Å². The average Bonchev–Trinajstić information content (AvgIpc) is 3.01. The molecule has 5 nitrogen and oxygen atoms in total. The number of hydrogen-bond donors (Lipinski definition) is 0. The second-order valence-corrected chi connectivity index (χ2v) is 6.47. The van der Waals surface area contributed by atoms with Crippen molar-refractivity contribution in [3.8, 4) is 0 Å². The van der Waals surface area contributed by atoms with Gasteiger partial charge in [-0.3, -0.25) is 4.79 Å². The minimum Gasteiger partial charge on any atom is -0.383 e. The zero-order valence-corrected chi connectivity index (χ0v) is 13.2. The molecule has 0 saturated carbocycles. The third-order valence-electron chi connectivity index (χ3n) is 3.75. The summed E-state index contributed by atoms with van der Waals surface area (Å²) < 4.78 is 13.8. The van der Waals surface area contributed by atoms with E-state index in [0.29, 0.717) is 39.5 Å². The Morgan fingerprint density at radius 2 is 2.14 bits per heavy atom. The highest BCUT2D eigenvalue weighted by Crippen LogP contribution is 2.29. The molecule has 3 heterocycles. The number of fused-ring (bicyclic) bond motifs is 1. The highest BCUT2D eigenvalue weighted by atomic mass is 32.1. The van der Waals surface area contributed by atoms with E-state index in [9.17, 15) is 4.79 Å². The zero-order valence-electron chi connectivity index (χ0n) is 12.4. The number of aryl methyl sites for hydroxylation is 1. The summed E-state index contributed by atoms with van der Waals surface area (Å²) in [6, 6.07) is 4.16. The number of methoxy groups -OCH3 is 1. The zero-order chi connectivity index (χ0) is 14.8. The topological polar surface area (TPSA) is 43.7 Å². The van der Waals surface area contributed by atoms with Crippen LogP contribution in [0.15, 0.2) is 12.1 Å².